The van der Waals surface area contributed by atoms with Crippen molar-refractivity contribution >= 4 is 30.7 Å². The van der Waals surface area contributed by atoms with E-state index in [2.05, 4.69) is 0 Å². The predicted octanol–water partition coefficient (Wildman–Crippen LogP) is 1.49. The Morgan fingerprint density at radius 2 is 1.60 bits per heavy atom. The molecule has 0 bridgehead atoms. The number of aliphatic hydroxyl groups is 1. The molecule has 4 N–H and O–H groups in total. The molecule has 0 aromatic heterocycles. The van der Waals surface area contributed by atoms with Crippen LogP contribution in [0.15, 0.2) is 0 Å². The summed E-state index contributed by atoms with van der Waals surface area (Å²) in [6.45, 7) is 0.959. The lowest BCUT2D eigenvalue weighted by atomic mass is 9.95. The van der Waals surface area contributed by atoms with Gasteiger partial charge in [-0.2, -0.15) is 22.0 Å². The van der Waals surface area contributed by atoms with Gasteiger partial charge in [0, 0.05) is 6.04 Å². The minimum absolute atomic E-state index is 0. The fourth-order valence-corrected chi connectivity index (χ4v) is 1.04. The number of carbonyl (C=O) groups is 1. The Morgan fingerprint density at radius 1 is 1.20 bits per heavy atom. The first-order valence-corrected chi connectivity index (χ1v) is 5.06. The molecule has 0 aliphatic carbocycles. The first-order chi connectivity index (χ1) is 7.89. The van der Waals surface area contributed by atoms with E-state index in [0.29, 0.717) is 0 Å². The molecule has 1 unspecified atom stereocenters. The average Bonchev–Trinajstić information content (AvgIpc) is 2.22. The highest BCUT2D eigenvalue weighted by Crippen LogP contribution is 2.24. The summed E-state index contributed by atoms with van der Waals surface area (Å²) in [5.41, 5.74) is 5.23. The number of amides is 1. The normalized spacial score (nSPS) is 14.9. The average molecular weight is 351 g/mol. The molecule has 0 fully saturated rings. The zero-order valence-electron chi connectivity index (χ0n) is 10.6. The monoisotopic (exact) mass is 350 g/mol. The molecule has 0 heterocycles. The van der Waals surface area contributed by atoms with Gasteiger partial charge in [-0.3, -0.25) is 4.79 Å². The number of nitrogens with one attached hydrogen (secondary N) is 1. The van der Waals surface area contributed by atoms with Crippen molar-refractivity contribution in [1.82, 2.24) is 5.32 Å². The van der Waals surface area contributed by atoms with Gasteiger partial charge in [0.1, 0.15) is 12.6 Å². The number of nitrogens with two attached hydrogens (primary N) is 1. The van der Waals surface area contributed by atoms with Crippen LogP contribution in [0.3, 0.4) is 0 Å². The molecule has 0 radical (unpaired) electrons. The third-order valence-electron chi connectivity index (χ3n) is 2.26. The standard InChI is InChI=1S/C9H15F5N2O2.2ClH/c1-4(2)5(15)6(17)9(13,14)7(18)16-3-8(10,11)12;;/h4-6,17H,3,15H2,1-2H3,(H,16,18);2*1H/t5-,6?;;/m0../s1. The van der Waals surface area contributed by atoms with Crippen molar-refractivity contribution in [2.24, 2.45) is 11.7 Å². The topological polar surface area (TPSA) is 75.3 Å². The summed E-state index contributed by atoms with van der Waals surface area (Å²) in [5, 5.41) is 10.2. The van der Waals surface area contributed by atoms with Gasteiger partial charge in [-0.05, 0) is 5.92 Å². The first kappa shape index (κ1) is 24.6. The highest BCUT2D eigenvalue weighted by molar-refractivity contribution is 5.85. The lowest BCUT2D eigenvalue weighted by Crippen LogP contribution is -2.57. The number of hydrogen-bond acceptors (Lipinski definition) is 3. The Hall–Kier alpha value is -0.380. The van der Waals surface area contributed by atoms with Crippen LogP contribution in [0, 0.1) is 5.92 Å². The maximum atomic E-state index is 13.3. The number of aliphatic hydroxyl groups excluding tert-OH is 1. The molecule has 0 aromatic carbocycles. The van der Waals surface area contributed by atoms with Gasteiger partial charge in [-0.25, -0.2) is 0 Å². The van der Waals surface area contributed by atoms with Gasteiger partial charge in [-0.1, -0.05) is 13.8 Å². The minimum Gasteiger partial charge on any atom is -0.385 e. The molecule has 0 aromatic rings. The van der Waals surface area contributed by atoms with E-state index >= 15 is 0 Å². The minimum atomic E-state index is -4.81. The van der Waals surface area contributed by atoms with Crippen molar-refractivity contribution < 1.29 is 31.9 Å². The van der Waals surface area contributed by atoms with Crippen molar-refractivity contribution in [3.63, 3.8) is 0 Å². The summed E-state index contributed by atoms with van der Waals surface area (Å²) in [4.78, 5) is 10.9. The Kier molecular flexibility index (Phi) is 10.8. The summed E-state index contributed by atoms with van der Waals surface area (Å²) in [7, 11) is 0. The van der Waals surface area contributed by atoms with Crippen LogP contribution >= 0.6 is 24.8 Å². The zero-order chi connectivity index (χ0) is 14.7. The van der Waals surface area contributed by atoms with Gasteiger partial charge >= 0.3 is 12.1 Å². The molecule has 1 amide bonds. The number of alkyl halides is 5. The summed E-state index contributed by atoms with van der Waals surface area (Å²) in [6.07, 6.45) is -7.36. The van der Waals surface area contributed by atoms with Crippen molar-refractivity contribution in [3.05, 3.63) is 0 Å². The van der Waals surface area contributed by atoms with Crippen LogP contribution in [0.2, 0.25) is 0 Å². The van der Waals surface area contributed by atoms with Gasteiger partial charge in [-0.15, -0.1) is 24.8 Å². The molecule has 11 heteroatoms. The van der Waals surface area contributed by atoms with E-state index in [1.54, 1.807) is 0 Å². The van der Waals surface area contributed by atoms with E-state index in [-0.39, 0.29) is 24.8 Å². The lowest BCUT2D eigenvalue weighted by Gasteiger charge is -2.28. The Balaban J connectivity index is -0.00000144. The van der Waals surface area contributed by atoms with Crippen LogP contribution in [-0.4, -0.2) is 41.8 Å². The molecule has 0 aliphatic rings. The lowest BCUT2D eigenvalue weighted by molar-refractivity contribution is -0.173. The SMILES string of the molecule is CC(C)[C@H](N)C(O)C(F)(F)C(=O)NCC(F)(F)F.Cl.Cl. The maximum absolute atomic E-state index is 13.3. The first-order valence-electron chi connectivity index (χ1n) is 5.06. The highest BCUT2D eigenvalue weighted by Gasteiger charge is 2.50. The van der Waals surface area contributed by atoms with Gasteiger partial charge in [0.15, 0.2) is 0 Å². The van der Waals surface area contributed by atoms with E-state index in [9.17, 15) is 31.9 Å². The molecular weight excluding hydrogens is 334 g/mol. The number of hydrogen-bond donors (Lipinski definition) is 3. The Bertz CT molecular complexity index is 303. The molecule has 4 nitrogen and oxygen atoms in total. The Morgan fingerprint density at radius 3 is 1.90 bits per heavy atom. The molecule has 0 aliphatic heterocycles. The molecular formula is C9H17Cl2F5N2O2. The smallest absolute Gasteiger partial charge is 0.385 e. The molecule has 0 saturated carbocycles. The zero-order valence-corrected chi connectivity index (χ0v) is 12.2. The molecule has 0 saturated heterocycles. The molecule has 0 rings (SSSR count). The molecule has 124 valence electrons. The number of halogens is 7. The predicted molar refractivity (Wildman–Crippen MR) is 67.3 cm³/mol. The van der Waals surface area contributed by atoms with E-state index in [0.717, 1.165) is 5.32 Å². The van der Waals surface area contributed by atoms with Crippen LogP contribution in [0.1, 0.15) is 13.8 Å². The van der Waals surface area contributed by atoms with E-state index in [1.807, 2.05) is 0 Å². The van der Waals surface area contributed by atoms with Gasteiger partial charge in [0.05, 0.1) is 0 Å². The van der Waals surface area contributed by atoms with Gasteiger partial charge < -0.3 is 16.2 Å². The second-order valence-corrected chi connectivity index (χ2v) is 4.19. The fourth-order valence-electron chi connectivity index (χ4n) is 1.04. The third kappa shape index (κ3) is 7.41. The summed E-state index contributed by atoms with van der Waals surface area (Å²) in [6, 6.07) is -1.43. The maximum Gasteiger partial charge on any atom is 0.405 e. The van der Waals surface area contributed by atoms with Crippen molar-refractivity contribution in [3.8, 4) is 0 Å². The quantitative estimate of drug-likeness (QED) is 0.657. The number of carbonyl (C=O) groups excluding carboxylic acids is 1. The van der Waals surface area contributed by atoms with E-state index < -0.39 is 42.6 Å². The second kappa shape index (κ2) is 8.81. The Labute approximate surface area is 125 Å². The molecule has 0 spiro atoms. The molecule has 20 heavy (non-hydrogen) atoms. The fraction of sp³-hybridized carbons (Fsp3) is 0.889. The van der Waals surface area contributed by atoms with Gasteiger partial charge in [0.2, 0.25) is 0 Å². The third-order valence-corrected chi connectivity index (χ3v) is 2.26. The van der Waals surface area contributed by atoms with E-state index in [4.69, 9.17) is 5.73 Å². The van der Waals surface area contributed by atoms with Gasteiger partial charge in [0.25, 0.3) is 5.91 Å². The molecule has 2 atom stereocenters. The summed E-state index contributed by atoms with van der Waals surface area (Å²) in [5.74, 6) is -7.15. The van der Waals surface area contributed by atoms with Crippen LogP contribution in [0.25, 0.3) is 0 Å². The summed E-state index contributed by atoms with van der Waals surface area (Å²) < 4.78 is 61.8. The van der Waals surface area contributed by atoms with Crippen LogP contribution in [0.5, 0.6) is 0 Å². The van der Waals surface area contributed by atoms with E-state index in [1.165, 1.54) is 13.8 Å². The number of rotatable bonds is 5. The largest absolute Gasteiger partial charge is 0.405 e. The summed E-state index contributed by atoms with van der Waals surface area (Å²) >= 11 is 0. The van der Waals surface area contributed by atoms with Crippen molar-refractivity contribution in [1.29, 1.82) is 0 Å². The van der Waals surface area contributed by atoms with Crippen LogP contribution < -0.4 is 11.1 Å². The second-order valence-electron chi connectivity index (χ2n) is 4.19. The van der Waals surface area contributed by atoms with Crippen LogP contribution in [-0.2, 0) is 4.79 Å². The van der Waals surface area contributed by atoms with Crippen LogP contribution in [0.4, 0.5) is 22.0 Å². The highest BCUT2D eigenvalue weighted by atomic mass is 35.5. The van der Waals surface area contributed by atoms with Crippen molar-refractivity contribution in [2.75, 3.05) is 6.54 Å². The van der Waals surface area contributed by atoms with Crippen molar-refractivity contribution in [2.45, 2.75) is 38.1 Å².